The van der Waals surface area contributed by atoms with Gasteiger partial charge in [-0.1, -0.05) is 17.7 Å². The van der Waals surface area contributed by atoms with E-state index in [0.29, 0.717) is 22.8 Å². The Bertz CT molecular complexity index is 1130. The molecule has 2 aromatic heterocycles. The summed E-state index contributed by atoms with van der Waals surface area (Å²) in [5.41, 5.74) is 11.5. The largest absolute Gasteiger partial charge is 0.399 e. The lowest BCUT2D eigenvalue weighted by atomic mass is 9.80. The molecule has 5 rings (SSSR count). The van der Waals surface area contributed by atoms with Gasteiger partial charge in [0.15, 0.2) is 0 Å². The molecular formula is C23H23ClN4O2. The average molecular weight is 423 g/mol. The summed E-state index contributed by atoms with van der Waals surface area (Å²) in [5, 5.41) is 23.9. The average Bonchev–Trinajstić information content (AvgIpc) is 3.31. The van der Waals surface area contributed by atoms with Gasteiger partial charge in [-0.05, 0) is 49.1 Å². The number of fused-ring (bicyclic) bond motifs is 2. The molecule has 154 valence electrons. The van der Waals surface area contributed by atoms with Crippen LogP contribution in [0.15, 0.2) is 42.7 Å². The van der Waals surface area contributed by atoms with Crippen LogP contribution in [0.1, 0.15) is 30.4 Å². The van der Waals surface area contributed by atoms with Crippen LogP contribution in [-0.2, 0) is 12.0 Å². The van der Waals surface area contributed by atoms with E-state index in [4.69, 9.17) is 17.3 Å². The number of halogens is 1. The molecule has 1 saturated carbocycles. The first kappa shape index (κ1) is 19.3. The predicted octanol–water partition coefficient (Wildman–Crippen LogP) is 3.75. The number of aliphatic hydroxyl groups excluding tert-OH is 2. The van der Waals surface area contributed by atoms with E-state index < -0.39 is 0 Å². The van der Waals surface area contributed by atoms with Crippen molar-refractivity contribution in [3.63, 3.8) is 0 Å². The number of aromatic nitrogens is 2. The third kappa shape index (κ3) is 3.03. The van der Waals surface area contributed by atoms with E-state index in [1.807, 2.05) is 24.3 Å². The Morgan fingerprint density at radius 1 is 1.23 bits per heavy atom. The van der Waals surface area contributed by atoms with Crippen LogP contribution in [0.25, 0.3) is 22.4 Å². The summed E-state index contributed by atoms with van der Waals surface area (Å²) >= 11 is 6.96. The van der Waals surface area contributed by atoms with E-state index in [1.165, 1.54) is 0 Å². The van der Waals surface area contributed by atoms with E-state index in [9.17, 15) is 10.2 Å². The minimum absolute atomic E-state index is 0.106. The monoisotopic (exact) mass is 422 g/mol. The molecule has 0 radical (unpaired) electrons. The SMILES string of the molecule is Nc1cc(-c2cnc3c(c2Cl)[C@]2(CC[C@H](O)C2)CN3)cc(-c2ncccc2CO)c1. The maximum absolute atomic E-state index is 10.2. The highest BCUT2D eigenvalue weighted by molar-refractivity contribution is 6.34. The van der Waals surface area contributed by atoms with Crippen molar-refractivity contribution in [1.82, 2.24) is 9.97 Å². The van der Waals surface area contributed by atoms with Gasteiger partial charge in [0.25, 0.3) is 0 Å². The summed E-state index contributed by atoms with van der Waals surface area (Å²) in [6.07, 6.45) is 5.50. The molecule has 0 unspecified atom stereocenters. The third-order valence-corrected chi connectivity index (χ3v) is 6.72. The zero-order chi connectivity index (χ0) is 20.9. The van der Waals surface area contributed by atoms with Crippen molar-refractivity contribution >= 4 is 23.1 Å². The summed E-state index contributed by atoms with van der Waals surface area (Å²) in [7, 11) is 0. The van der Waals surface area contributed by atoms with Crippen molar-refractivity contribution in [2.24, 2.45) is 0 Å². The second kappa shape index (κ2) is 7.23. The van der Waals surface area contributed by atoms with Gasteiger partial charge in [-0.2, -0.15) is 0 Å². The lowest BCUT2D eigenvalue weighted by Crippen LogP contribution is -2.26. The molecule has 2 aliphatic rings. The van der Waals surface area contributed by atoms with Gasteiger partial charge in [0.2, 0.25) is 0 Å². The van der Waals surface area contributed by atoms with E-state index >= 15 is 0 Å². The zero-order valence-electron chi connectivity index (χ0n) is 16.4. The molecule has 3 heterocycles. The number of hydrogen-bond donors (Lipinski definition) is 4. The second-order valence-electron chi connectivity index (χ2n) is 8.25. The van der Waals surface area contributed by atoms with Crippen molar-refractivity contribution in [3.8, 4) is 22.4 Å². The normalized spacial score (nSPS) is 22.3. The first-order valence-corrected chi connectivity index (χ1v) is 10.5. The molecule has 0 saturated heterocycles. The molecule has 2 atom stereocenters. The van der Waals surface area contributed by atoms with Crippen LogP contribution in [-0.4, -0.2) is 32.8 Å². The lowest BCUT2D eigenvalue weighted by molar-refractivity contribution is 0.175. The topological polar surface area (TPSA) is 104 Å². The number of hydrogen-bond acceptors (Lipinski definition) is 6. The summed E-state index contributed by atoms with van der Waals surface area (Å²) < 4.78 is 0. The minimum atomic E-state index is -0.308. The standard InChI is InChI=1S/C23H23ClN4O2/c24-20-18(10-27-22-19(20)23(12-28-22)4-3-17(30)9-23)14-6-15(8-16(25)7-14)21-13(11-29)2-1-5-26-21/h1-2,5-8,10,17,29-30H,3-4,9,11-12,25H2,(H,27,28)/t17-,23-/m0/s1. The summed E-state index contributed by atoms with van der Waals surface area (Å²) in [6.45, 7) is 0.635. The number of nitrogens with two attached hydrogens (primary N) is 1. The van der Waals surface area contributed by atoms with Crippen LogP contribution in [0.3, 0.4) is 0 Å². The number of pyridine rings is 2. The highest BCUT2D eigenvalue weighted by atomic mass is 35.5. The summed E-state index contributed by atoms with van der Waals surface area (Å²) in [4.78, 5) is 9.07. The number of benzene rings is 1. The van der Waals surface area contributed by atoms with Gasteiger partial charge in [0.05, 0.1) is 23.4 Å². The van der Waals surface area contributed by atoms with Crippen LogP contribution in [0.5, 0.6) is 0 Å². The van der Waals surface area contributed by atoms with Crippen molar-refractivity contribution in [3.05, 3.63) is 58.9 Å². The van der Waals surface area contributed by atoms with Crippen LogP contribution in [0.2, 0.25) is 5.02 Å². The van der Waals surface area contributed by atoms with Crippen LogP contribution >= 0.6 is 11.6 Å². The fourth-order valence-corrected chi connectivity index (χ4v) is 5.35. The molecule has 6 nitrogen and oxygen atoms in total. The first-order chi connectivity index (χ1) is 14.5. The fourth-order valence-electron chi connectivity index (χ4n) is 4.91. The van der Waals surface area contributed by atoms with Crippen molar-refractivity contribution in [2.75, 3.05) is 17.6 Å². The molecule has 1 aliphatic carbocycles. The van der Waals surface area contributed by atoms with Crippen molar-refractivity contribution < 1.29 is 10.2 Å². The number of nitrogen functional groups attached to an aromatic ring is 1. The summed E-state index contributed by atoms with van der Waals surface area (Å²) in [5.74, 6) is 0.800. The lowest BCUT2D eigenvalue weighted by Gasteiger charge is -2.24. The molecule has 5 N–H and O–H groups in total. The van der Waals surface area contributed by atoms with Gasteiger partial charge in [0, 0.05) is 52.3 Å². The highest BCUT2D eigenvalue weighted by Gasteiger charge is 2.47. The predicted molar refractivity (Wildman–Crippen MR) is 118 cm³/mol. The molecule has 30 heavy (non-hydrogen) atoms. The van der Waals surface area contributed by atoms with Crippen LogP contribution < -0.4 is 11.1 Å². The smallest absolute Gasteiger partial charge is 0.131 e. The second-order valence-corrected chi connectivity index (χ2v) is 8.63. The number of nitrogens with zero attached hydrogens (tertiary/aromatic N) is 2. The molecule has 7 heteroatoms. The van der Waals surface area contributed by atoms with E-state index in [0.717, 1.165) is 53.0 Å². The maximum Gasteiger partial charge on any atom is 0.131 e. The Kier molecular flexibility index (Phi) is 4.65. The van der Waals surface area contributed by atoms with E-state index in [1.54, 1.807) is 18.5 Å². The van der Waals surface area contributed by atoms with E-state index in [-0.39, 0.29) is 18.1 Å². The summed E-state index contributed by atoms with van der Waals surface area (Å²) in [6, 6.07) is 9.34. The molecule has 1 aromatic carbocycles. The van der Waals surface area contributed by atoms with Gasteiger partial charge >= 0.3 is 0 Å². The third-order valence-electron chi connectivity index (χ3n) is 6.32. The highest BCUT2D eigenvalue weighted by Crippen LogP contribution is 2.52. The fraction of sp³-hybridized carbons (Fsp3) is 0.304. The van der Waals surface area contributed by atoms with Crippen LogP contribution in [0, 0.1) is 0 Å². The Morgan fingerprint density at radius 2 is 2.07 bits per heavy atom. The molecule has 1 spiro atoms. The Hall–Kier alpha value is -2.67. The number of aliphatic hydroxyl groups is 2. The van der Waals surface area contributed by atoms with Gasteiger partial charge in [-0.15, -0.1) is 0 Å². The van der Waals surface area contributed by atoms with Gasteiger partial charge in [0.1, 0.15) is 5.82 Å². The Labute approximate surface area is 179 Å². The van der Waals surface area contributed by atoms with Gasteiger partial charge in [-0.25, -0.2) is 4.98 Å². The molecule has 3 aromatic rings. The number of nitrogens with one attached hydrogen (secondary N) is 1. The molecule has 0 bridgehead atoms. The number of anilines is 2. The van der Waals surface area contributed by atoms with Gasteiger partial charge in [-0.3, -0.25) is 4.98 Å². The van der Waals surface area contributed by atoms with E-state index in [2.05, 4.69) is 15.3 Å². The minimum Gasteiger partial charge on any atom is -0.399 e. The van der Waals surface area contributed by atoms with Gasteiger partial charge < -0.3 is 21.3 Å². The Morgan fingerprint density at radius 3 is 2.83 bits per heavy atom. The first-order valence-electron chi connectivity index (χ1n) is 10.1. The van der Waals surface area contributed by atoms with Crippen LogP contribution in [0.4, 0.5) is 11.5 Å². The quantitative estimate of drug-likeness (QED) is 0.479. The molecule has 1 aliphatic heterocycles. The Balaban J connectivity index is 1.64. The molecule has 0 amide bonds. The maximum atomic E-state index is 10.2. The molecule has 1 fully saturated rings. The van der Waals surface area contributed by atoms with Crippen molar-refractivity contribution in [1.29, 1.82) is 0 Å². The zero-order valence-corrected chi connectivity index (χ0v) is 17.2. The molecular weight excluding hydrogens is 400 g/mol. The number of rotatable bonds is 3. The van der Waals surface area contributed by atoms with Crippen molar-refractivity contribution in [2.45, 2.75) is 37.4 Å².